The number of primary amides is 1. The molecule has 40 heavy (non-hydrogen) atoms. The molecule has 5 rings (SSSR count). The zero-order chi connectivity index (χ0) is 29.3. The van der Waals surface area contributed by atoms with Gasteiger partial charge in [0.05, 0.1) is 17.5 Å². The molecule has 210 valence electrons. The van der Waals surface area contributed by atoms with E-state index in [0.717, 1.165) is 16.7 Å². The lowest BCUT2D eigenvalue weighted by atomic mass is 9.59. The fraction of sp³-hybridized carbons (Fsp3) is 0.387. The van der Waals surface area contributed by atoms with Crippen molar-refractivity contribution in [3.8, 4) is 16.9 Å². The normalized spacial score (nSPS) is 24.6. The van der Waals surface area contributed by atoms with Crippen molar-refractivity contribution in [2.75, 3.05) is 14.1 Å². The summed E-state index contributed by atoms with van der Waals surface area (Å²) in [4.78, 5) is 41.0. The van der Waals surface area contributed by atoms with E-state index in [2.05, 4.69) is 0 Å². The Bertz CT molecular complexity index is 1500. The number of nitrogens with zero attached hydrogens (tertiary/aromatic N) is 1. The van der Waals surface area contributed by atoms with Crippen molar-refractivity contribution in [2.45, 2.75) is 44.7 Å². The van der Waals surface area contributed by atoms with E-state index in [4.69, 9.17) is 11.5 Å². The van der Waals surface area contributed by atoms with Gasteiger partial charge in [-0.15, -0.1) is 0 Å². The van der Waals surface area contributed by atoms with Crippen LogP contribution in [0.1, 0.15) is 37.0 Å². The second-order valence-electron chi connectivity index (χ2n) is 12.2. The molecule has 1 amide bonds. The molecule has 1 saturated carbocycles. The molecule has 0 aliphatic heterocycles. The largest absolute Gasteiger partial charge is 0.510 e. The van der Waals surface area contributed by atoms with E-state index in [1.165, 1.54) is 6.07 Å². The first-order chi connectivity index (χ1) is 18.7. The summed E-state index contributed by atoms with van der Waals surface area (Å²) in [6.45, 7) is 3.93. The van der Waals surface area contributed by atoms with Crippen LogP contribution in [-0.4, -0.2) is 63.4 Å². The van der Waals surface area contributed by atoms with E-state index in [9.17, 15) is 29.7 Å². The Hall–Kier alpha value is -3.95. The van der Waals surface area contributed by atoms with Crippen LogP contribution < -0.4 is 11.5 Å². The second-order valence-corrected chi connectivity index (χ2v) is 12.2. The summed E-state index contributed by atoms with van der Waals surface area (Å²) in [5.41, 5.74) is 14.4. The number of Topliss-reactive ketones (excluding diaryl/α,β-unsaturated/α-hetero) is 2. The quantitative estimate of drug-likeness (QED) is 0.282. The molecule has 4 atom stereocenters. The molecule has 2 aromatic rings. The molecule has 9 heteroatoms. The summed E-state index contributed by atoms with van der Waals surface area (Å²) < 4.78 is 0. The Balaban J connectivity index is 1.61. The van der Waals surface area contributed by atoms with Crippen molar-refractivity contribution < 1.29 is 29.7 Å². The van der Waals surface area contributed by atoms with Crippen LogP contribution >= 0.6 is 0 Å². The number of likely N-dealkylation sites (N-methyl/N-ethyl adjacent to an activating group) is 1. The Labute approximate surface area is 232 Å². The van der Waals surface area contributed by atoms with Crippen molar-refractivity contribution in [3.63, 3.8) is 0 Å². The number of allylic oxidation sites excluding steroid dienone is 1. The summed E-state index contributed by atoms with van der Waals surface area (Å²) in [7, 11) is 3.39. The van der Waals surface area contributed by atoms with E-state index in [1.807, 2.05) is 38.1 Å². The van der Waals surface area contributed by atoms with Gasteiger partial charge in [-0.05, 0) is 87.4 Å². The molecule has 0 saturated heterocycles. The standard InChI is InChI=1S/C31H35N3O6/c1-31(2,33)13-14-5-7-15(8-6-14)17-9-10-20(35)22-18(17)11-16-12-19-23(27(37)21(16)26(22)36)28(38)24(30(32)40)29(39)25(19)34(3)4/h5-10,16,19,23,25,35-36,39H,11-13,33H2,1-4H3,(H2,32,40)/t16?,19?,23?,25-/m0/s1. The first kappa shape index (κ1) is 27.6. The Morgan fingerprint density at radius 2 is 1.68 bits per heavy atom. The van der Waals surface area contributed by atoms with Crippen molar-refractivity contribution in [1.29, 1.82) is 0 Å². The average Bonchev–Trinajstić information content (AvgIpc) is 2.83. The van der Waals surface area contributed by atoms with Gasteiger partial charge in [0.15, 0.2) is 11.6 Å². The van der Waals surface area contributed by atoms with E-state index >= 15 is 0 Å². The van der Waals surface area contributed by atoms with Gasteiger partial charge in [-0.2, -0.15) is 0 Å². The van der Waals surface area contributed by atoms with Crippen molar-refractivity contribution >= 4 is 23.2 Å². The summed E-state index contributed by atoms with van der Waals surface area (Å²) >= 11 is 0. The van der Waals surface area contributed by atoms with Crippen molar-refractivity contribution in [2.24, 2.45) is 29.2 Å². The van der Waals surface area contributed by atoms with Gasteiger partial charge < -0.3 is 26.8 Å². The smallest absolute Gasteiger partial charge is 0.255 e. The Morgan fingerprint density at radius 3 is 2.25 bits per heavy atom. The predicted octanol–water partition coefficient (Wildman–Crippen LogP) is 2.80. The molecule has 3 unspecified atom stereocenters. The number of rotatable bonds is 5. The van der Waals surface area contributed by atoms with Gasteiger partial charge in [0.2, 0.25) is 0 Å². The highest BCUT2D eigenvalue weighted by atomic mass is 16.3. The van der Waals surface area contributed by atoms with E-state index < -0.39 is 52.6 Å². The zero-order valence-corrected chi connectivity index (χ0v) is 23.1. The number of aromatic hydroxyl groups is 1. The lowest BCUT2D eigenvalue weighted by Crippen LogP contribution is -2.55. The van der Waals surface area contributed by atoms with Gasteiger partial charge in [0.25, 0.3) is 5.91 Å². The number of hydrogen-bond acceptors (Lipinski definition) is 8. The second kappa shape index (κ2) is 9.60. The third kappa shape index (κ3) is 4.39. The average molecular weight is 546 g/mol. The molecule has 0 bridgehead atoms. The summed E-state index contributed by atoms with van der Waals surface area (Å²) in [5.74, 6) is -5.85. The fourth-order valence-electron chi connectivity index (χ4n) is 6.86. The number of phenols is 1. The number of amides is 1. The summed E-state index contributed by atoms with van der Waals surface area (Å²) in [6.07, 6.45) is 1.34. The minimum atomic E-state index is -1.27. The predicted molar refractivity (Wildman–Crippen MR) is 150 cm³/mol. The SMILES string of the molecule is CN(C)[C@@H]1C(O)=C(C(N)=O)C(=O)C2C(=O)C3=C(O)c4c(O)ccc(-c5ccc(CC(C)(C)N)cc5)c4CC3CC21. The van der Waals surface area contributed by atoms with E-state index in [-0.39, 0.29) is 28.2 Å². The molecule has 0 spiro atoms. The number of aliphatic hydroxyl groups is 2. The Kier molecular flexibility index (Phi) is 6.63. The summed E-state index contributed by atoms with van der Waals surface area (Å²) in [5, 5.41) is 33.1. The first-order valence-electron chi connectivity index (χ1n) is 13.4. The van der Waals surface area contributed by atoms with Crippen LogP contribution in [0.4, 0.5) is 0 Å². The molecule has 0 heterocycles. The highest BCUT2D eigenvalue weighted by Crippen LogP contribution is 2.51. The van der Waals surface area contributed by atoms with Gasteiger partial charge in [-0.1, -0.05) is 30.3 Å². The van der Waals surface area contributed by atoms with Crippen LogP contribution in [0, 0.1) is 17.8 Å². The number of hydrogen-bond donors (Lipinski definition) is 5. The van der Waals surface area contributed by atoms with Crippen molar-refractivity contribution in [1.82, 2.24) is 4.90 Å². The number of benzene rings is 2. The van der Waals surface area contributed by atoms with Crippen LogP contribution in [-0.2, 0) is 27.2 Å². The highest BCUT2D eigenvalue weighted by molar-refractivity contribution is 6.28. The van der Waals surface area contributed by atoms with Crippen LogP contribution in [0.25, 0.3) is 16.9 Å². The van der Waals surface area contributed by atoms with Crippen LogP contribution in [0.5, 0.6) is 5.75 Å². The van der Waals surface area contributed by atoms with Crippen LogP contribution in [0.3, 0.4) is 0 Å². The van der Waals surface area contributed by atoms with Gasteiger partial charge in [-0.25, -0.2) is 0 Å². The van der Waals surface area contributed by atoms with Crippen molar-refractivity contribution in [3.05, 3.63) is 70.0 Å². The first-order valence-corrected chi connectivity index (χ1v) is 13.4. The van der Waals surface area contributed by atoms with Gasteiger partial charge >= 0.3 is 0 Å². The molecular weight excluding hydrogens is 510 g/mol. The topological polar surface area (TPSA) is 167 Å². The van der Waals surface area contributed by atoms with Crippen LogP contribution in [0.15, 0.2) is 53.3 Å². The number of carbonyl (C=O) groups is 3. The molecule has 3 aliphatic carbocycles. The lowest BCUT2D eigenvalue weighted by Gasteiger charge is -2.46. The number of phenolic OH excluding ortho intramolecular Hbond substituents is 1. The maximum Gasteiger partial charge on any atom is 0.255 e. The summed E-state index contributed by atoms with van der Waals surface area (Å²) in [6, 6.07) is 10.5. The Morgan fingerprint density at radius 1 is 1.02 bits per heavy atom. The molecule has 7 N–H and O–H groups in total. The monoisotopic (exact) mass is 545 g/mol. The fourth-order valence-corrected chi connectivity index (χ4v) is 6.86. The lowest BCUT2D eigenvalue weighted by molar-refractivity contribution is -0.136. The molecule has 0 radical (unpaired) electrons. The number of nitrogens with two attached hydrogens (primary N) is 2. The number of fused-ring (bicyclic) bond motifs is 3. The molecule has 1 fully saturated rings. The number of carbonyl (C=O) groups excluding carboxylic acids is 3. The molecule has 2 aromatic carbocycles. The molecule has 3 aliphatic rings. The number of aliphatic hydroxyl groups excluding tert-OH is 2. The number of ketones is 2. The molecular formula is C31H35N3O6. The van der Waals surface area contributed by atoms with Gasteiger partial charge in [-0.3, -0.25) is 19.3 Å². The minimum Gasteiger partial charge on any atom is -0.510 e. The third-order valence-electron chi connectivity index (χ3n) is 8.37. The highest BCUT2D eigenvalue weighted by Gasteiger charge is 2.55. The third-order valence-corrected chi connectivity index (χ3v) is 8.37. The maximum absolute atomic E-state index is 13.9. The van der Waals surface area contributed by atoms with Gasteiger partial charge in [0.1, 0.15) is 22.8 Å². The molecule has 9 nitrogen and oxygen atoms in total. The zero-order valence-electron chi connectivity index (χ0n) is 23.1. The van der Waals surface area contributed by atoms with E-state index in [1.54, 1.807) is 25.1 Å². The maximum atomic E-state index is 13.9. The molecule has 0 aromatic heterocycles. The minimum absolute atomic E-state index is 0.0674. The van der Waals surface area contributed by atoms with Gasteiger partial charge in [0, 0.05) is 11.1 Å². The van der Waals surface area contributed by atoms with E-state index in [0.29, 0.717) is 24.8 Å². The van der Waals surface area contributed by atoms with Crippen LogP contribution in [0.2, 0.25) is 0 Å².